The third-order valence-corrected chi connectivity index (χ3v) is 3.83. The Balaban J connectivity index is 0.00000144. The lowest BCUT2D eigenvalue weighted by molar-refractivity contribution is 0.628. The van der Waals surface area contributed by atoms with Crippen molar-refractivity contribution >= 4 is 33.8 Å². The SMILES string of the molecule is Cc1cc(F)cc2c(CCN)c(C#N)sc12.Cl. The summed E-state index contributed by atoms with van der Waals surface area (Å²) in [6, 6.07) is 5.14. The molecule has 90 valence electrons. The lowest BCUT2D eigenvalue weighted by atomic mass is 10.1. The van der Waals surface area contributed by atoms with Crippen LogP contribution in [0.1, 0.15) is 16.0 Å². The minimum Gasteiger partial charge on any atom is -0.330 e. The van der Waals surface area contributed by atoms with Gasteiger partial charge in [-0.05, 0) is 43.1 Å². The molecule has 0 atom stereocenters. The number of hydrogen-bond donors (Lipinski definition) is 1. The molecule has 0 bridgehead atoms. The van der Waals surface area contributed by atoms with Crippen molar-refractivity contribution in [3.8, 4) is 6.07 Å². The van der Waals surface area contributed by atoms with Crippen LogP contribution < -0.4 is 5.73 Å². The van der Waals surface area contributed by atoms with Crippen molar-refractivity contribution in [1.29, 1.82) is 5.26 Å². The van der Waals surface area contributed by atoms with E-state index in [1.54, 1.807) is 0 Å². The second kappa shape index (κ2) is 5.46. The first-order chi connectivity index (χ1) is 7.67. The average molecular weight is 271 g/mol. The average Bonchev–Trinajstić information content (AvgIpc) is 2.58. The Morgan fingerprint density at radius 3 is 2.76 bits per heavy atom. The standard InChI is InChI=1S/C12H11FN2S.ClH/c1-7-4-8(13)5-10-9(2-3-14)11(6-15)16-12(7)10;/h4-5H,2-3,14H2,1H3;1H. The smallest absolute Gasteiger partial charge is 0.124 e. The largest absolute Gasteiger partial charge is 0.330 e. The molecule has 0 unspecified atom stereocenters. The van der Waals surface area contributed by atoms with Crippen LogP contribution in [0.15, 0.2) is 12.1 Å². The molecule has 0 aliphatic rings. The zero-order valence-corrected chi connectivity index (χ0v) is 10.9. The summed E-state index contributed by atoms with van der Waals surface area (Å²) in [5, 5.41) is 9.87. The summed E-state index contributed by atoms with van der Waals surface area (Å²) in [6.45, 7) is 2.32. The van der Waals surface area contributed by atoms with E-state index in [0.717, 1.165) is 21.2 Å². The summed E-state index contributed by atoms with van der Waals surface area (Å²) in [4.78, 5) is 0.647. The maximum Gasteiger partial charge on any atom is 0.124 e. The molecule has 0 spiro atoms. The minimum atomic E-state index is -0.259. The van der Waals surface area contributed by atoms with Gasteiger partial charge in [-0.25, -0.2) is 4.39 Å². The molecule has 5 heteroatoms. The molecule has 0 saturated heterocycles. The summed E-state index contributed by atoms with van der Waals surface area (Å²) in [5.41, 5.74) is 7.27. The van der Waals surface area contributed by atoms with E-state index < -0.39 is 0 Å². The molecular formula is C12H12ClFN2S. The van der Waals surface area contributed by atoms with Crippen LogP contribution in [0.25, 0.3) is 10.1 Å². The Hall–Kier alpha value is -1.15. The highest BCUT2D eigenvalue weighted by Gasteiger charge is 2.13. The third-order valence-electron chi connectivity index (χ3n) is 2.54. The first-order valence-corrected chi connectivity index (χ1v) is 5.80. The van der Waals surface area contributed by atoms with Gasteiger partial charge >= 0.3 is 0 Å². The number of benzene rings is 1. The van der Waals surface area contributed by atoms with Crippen molar-refractivity contribution in [2.24, 2.45) is 5.73 Å². The van der Waals surface area contributed by atoms with Gasteiger partial charge in [0.1, 0.15) is 16.8 Å². The Kier molecular flexibility index (Phi) is 4.47. The molecule has 0 aliphatic heterocycles. The molecular weight excluding hydrogens is 259 g/mol. The van der Waals surface area contributed by atoms with Crippen molar-refractivity contribution in [3.05, 3.63) is 34.0 Å². The van der Waals surface area contributed by atoms with E-state index >= 15 is 0 Å². The van der Waals surface area contributed by atoms with Gasteiger partial charge in [0.25, 0.3) is 0 Å². The van der Waals surface area contributed by atoms with Gasteiger partial charge in [-0.15, -0.1) is 23.7 Å². The number of fused-ring (bicyclic) bond motifs is 1. The molecule has 0 radical (unpaired) electrons. The number of hydrogen-bond acceptors (Lipinski definition) is 3. The number of halogens is 2. The van der Waals surface area contributed by atoms with Gasteiger partial charge in [-0.1, -0.05) is 0 Å². The fourth-order valence-electron chi connectivity index (χ4n) is 1.86. The Morgan fingerprint density at radius 2 is 2.18 bits per heavy atom. The number of nitrogens with two attached hydrogens (primary N) is 1. The van der Waals surface area contributed by atoms with Gasteiger partial charge in [0.2, 0.25) is 0 Å². The van der Waals surface area contributed by atoms with Crippen LogP contribution in [0.4, 0.5) is 4.39 Å². The van der Waals surface area contributed by atoms with Gasteiger partial charge in [0.15, 0.2) is 0 Å². The van der Waals surface area contributed by atoms with Crippen LogP contribution in [0.2, 0.25) is 0 Å². The van der Waals surface area contributed by atoms with Crippen LogP contribution in [0.3, 0.4) is 0 Å². The van der Waals surface area contributed by atoms with Crippen molar-refractivity contribution < 1.29 is 4.39 Å². The monoisotopic (exact) mass is 270 g/mol. The van der Waals surface area contributed by atoms with Crippen LogP contribution >= 0.6 is 23.7 Å². The molecule has 0 saturated carbocycles. The first kappa shape index (κ1) is 13.9. The summed E-state index contributed by atoms with van der Waals surface area (Å²) in [5.74, 6) is -0.259. The number of nitrogens with zero attached hydrogens (tertiary/aromatic N) is 1. The van der Waals surface area contributed by atoms with Gasteiger partial charge in [-0.3, -0.25) is 0 Å². The number of nitriles is 1. The third kappa shape index (κ3) is 2.42. The topological polar surface area (TPSA) is 49.8 Å². The highest BCUT2D eigenvalue weighted by Crippen LogP contribution is 2.34. The van der Waals surface area contributed by atoms with E-state index in [1.165, 1.54) is 23.5 Å². The predicted octanol–water partition coefficient (Wildman–Crippen LogP) is 3.14. The Morgan fingerprint density at radius 1 is 1.47 bits per heavy atom. The molecule has 1 aromatic carbocycles. The van der Waals surface area contributed by atoms with Crippen LogP contribution in [-0.4, -0.2) is 6.54 Å². The van der Waals surface area contributed by atoms with Crippen molar-refractivity contribution in [2.45, 2.75) is 13.3 Å². The van der Waals surface area contributed by atoms with E-state index in [1.807, 2.05) is 6.92 Å². The fourth-order valence-corrected chi connectivity index (χ4v) is 2.96. The molecule has 2 nitrogen and oxygen atoms in total. The lowest BCUT2D eigenvalue weighted by Gasteiger charge is -1.99. The number of thiophene rings is 1. The minimum absolute atomic E-state index is 0. The summed E-state index contributed by atoms with van der Waals surface area (Å²) < 4.78 is 14.3. The van der Waals surface area contributed by atoms with E-state index in [2.05, 4.69) is 6.07 Å². The molecule has 17 heavy (non-hydrogen) atoms. The fraction of sp³-hybridized carbons (Fsp3) is 0.250. The van der Waals surface area contributed by atoms with Crippen LogP contribution in [0, 0.1) is 24.1 Å². The van der Waals surface area contributed by atoms with Gasteiger partial charge in [-0.2, -0.15) is 5.26 Å². The maximum absolute atomic E-state index is 13.3. The molecule has 0 amide bonds. The molecule has 0 aliphatic carbocycles. The number of rotatable bonds is 2. The molecule has 1 aromatic heterocycles. The van der Waals surface area contributed by atoms with E-state index in [0.29, 0.717) is 17.8 Å². The van der Waals surface area contributed by atoms with Crippen molar-refractivity contribution in [1.82, 2.24) is 0 Å². The second-order valence-electron chi connectivity index (χ2n) is 3.66. The quantitative estimate of drug-likeness (QED) is 0.911. The van der Waals surface area contributed by atoms with E-state index in [9.17, 15) is 4.39 Å². The molecule has 2 N–H and O–H groups in total. The molecule has 1 heterocycles. The van der Waals surface area contributed by atoms with Gasteiger partial charge in [0, 0.05) is 10.1 Å². The lowest BCUT2D eigenvalue weighted by Crippen LogP contribution is -2.03. The summed E-state index contributed by atoms with van der Waals surface area (Å²) in [7, 11) is 0. The summed E-state index contributed by atoms with van der Waals surface area (Å²) in [6.07, 6.45) is 0.617. The Labute approximate surface area is 109 Å². The Bertz CT molecular complexity index is 586. The van der Waals surface area contributed by atoms with Gasteiger partial charge < -0.3 is 5.73 Å². The zero-order valence-electron chi connectivity index (χ0n) is 9.29. The normalized spacial score (nSPS) is 10.0. The molecule has 0 fully saturated rings. The summed E-state index contributed by atoms with van der Waals surface area (Å²) >= 11 is 1.42. The molecule has 2 rings (SSSR count). The van der Waals surface area contributed by atoms with Gasteiger partial charge in [0.05, 0.1) is 0 Å². The van der Waals surface area contributed by atoms with Crippen LogP contribution in [0.5, 0.6) is 0 Å². The maximum atomic E-state index is 13.3. The van der Waals surface area contributed by atoms with Crippen molar-refractivity contribution in [2.75, 3.05) is 6.54 Å². The van der Waals surface area contributed by atoms with Crippen LogP contribution in [-0.2, 0) is 6.42 Å². The predicted molar refractivity (Wildman–Crippen MR) is 71.2 cm³/mol. The number of aryl methyl sites for hydroxylation is 1. The van der Waals surface area contributed by atoms with Crippen molar-refractivity contribution in [3.63, 3.8) is 0 Å². The highest BCUT2D eigenvalue weighted by molar-refractivity contribution is 7.20. The van der Waals surface area contributed by atoms with E-state index in [-0.39, 0.29) is 18.2 Å². The second-order valence-corrected chi connectivity index (χ2v) is 4.68. The zero-order chi connectivity index (χ0) is 11.7. The highest BCUT2D eigenvalue weighted by atomic mass is 35.5. The molecule has 2 aromatic rings. The first-order valence-electron chi connectivity index (χ1n) is 4.99. The van der Waals surface area contributed by atoms with E-state index in [4.69, 9.17) is 11.0 Å².